The zero-order valence-electron chi connectivity index (χ0n) is 8.77. The van der Waals surface area contributed by atoms with E-state index in [1.54, 1.807) is 12.3 Å². The first kappa shape index (κ1) is 10.6. The standard InChI is InChI=1S/C10H14ClN3O/c1-6-3-9(7(2)15-6)13-8-4-10(11)14-12-5-8/h4-7,9H,3H2,1-2H3,(H,13,14). The van der Waals surface area contributed by atoms with Crippen molar-refractivity contribution in [1.82, 2.24) is 10.2 Å². The van der Waals surface area contributed by atoms with E-state index in [1.807, 2.05) is 0 Å². The van der Waals surface area contributed by atoms with Crippen molar-refractivity contribution in [3.8, 4) is 0 Å². The number of hydrogen-bond donors (Lipinski definition) is 1. The molecule has 1 N–H and O–H groups in total. The summed E-state index contributed by atoms with van der Waals surface area (Å²) in [6.45, 7) is 4.15. The molecule has 1 saturated heterocycles. The largest absolute Gasteiger partial charge is 0.378 e. The van der Waals surface area contributed by atoms with Gasteiger partial charge in [0.15, 0.2) is 5.15 Å². The molecule has 0 radical (unpaired) electrons. The van der Waals surface area contributed by atoms with E-state index in [-0.39, 0.29) is 6.10 Å². The number of aromatic nitrogens is 2. The zero-order valence-corrected chi connectivity index (χ0v) is 9.53. The van der Waals surface area contributed by atoms with Crippen molar-refractivity contribution < 1.29 is 4.74 Å². The fourth-order valence-electron chi connectivity index (χ4n) is 1.88. The number of halogens is 1. The maximum atomic E-state index is 5.75. The van der Waals surface area contributed by atoms with Crippen molar-refractivity contribution in [2.45, 2.75) is 38.5 Å². The van der Waals surface area contributed by atoms with E-state index < -0.39 is 0 Å². The van der Waals surface area contributed by atoms with Crippen molar-refractivity contribution in [2.75, 3.05) is 5.32 Å². The van der Waals surface area contributed by atoms with Crippen molar-refractivity contribution in [1.29, 1.82) is 0 Å². The molecule has 0 amide bonds. The van der Waals surface area contributed by atoms with Gasteiger partial charge in [0.05, 0.1) is 30.1 Å². The molecular formula is C10H14ClN3O. The van der Waals surface area contributed by atoms with Crippen LogP contribution in [0.4, 0.5) is 5.69 Å². The molecule has 0 saturated carbocycles. The third-order valence-electron chi connectivity index (χ3n) is 2.58. The minimum Gasteiger partial charge on any atom is -0.378 e. The molecule has 1 aliphatic heterocycles. The van der Waals surface area contributed by atoms with Gasteiger partial charge in [-0.3, -0.25) is 0 Å². The monoisotopic (exact) mass is 227 g/mol. The lowest BCUT2D eigenvalue weighted by molar-refractivity contribution is 0.0650. The Labute approximate surface area is 94.0 Å². The Morgan fingerprint density at radius 2 is 2.33 bits per heavy atom. The van der Waals surface area contributed by atoms with Crippen LogP contribution in [-0.4, -0.2) is 28.4 Å². The van der Waals surface area contributed by atoms with Crippen LogP contribution in [0.1, 0.15) is 20.3 Å². The second-order valence-corrected chi connectivity index (χ2v) is 4.29. The van der Waals surface area contributed by atoms with Crippen molar-refractivity contribution in [3.05, 3.63) is 17.4 Å². The molecule has 0 aliphatic carbocycles. The summed E-state index contributed by atoms with van der Waals surface area (Å²) in [5.74, 6) is 0. The Bertz CT molecular complexity index is 347. The van der Waals surface area contributed by atoms with E-state index in [0.29, 0.717) is 17.3 Å². The highest BCUT2D eigenvalue weighted by atomic mass is 35.5. The summed E-state index contributed by atoms with van der Waals surface area (Å²) in [5.41, 5.74) is 0.893. The molecule has 3 atom stereocenters. The first-order valence-corrected chi connectivity index (χ1v) is 5.43. The van der Waals surface area contributed by atoms with Gasteiger partial charge in [0.2, 0.25) is 0 Å². The van der Waals surface area contributed by atoms with E-state index in [0.717, 1.165) is 12.1 Å². The van der Waals surface area contributed by atoms with Crippen LogP contribution in [0, 0.1) is 0 Å². The molecule has 82 valence electrons. The van der Waals surface area contributed by atoms with E-state index >= 15 is 0 Å². The van der Waals surface area contributed by atoms with Crippen molar-refractivity contribution in [2.24, 2.45) is 0 Å². The number of rotatable bonds is 2. The molecule has 2 rings (SSSR count). The van der Waals surface area contributed by atoms with Gasteiger partial charge in [0, 0.05) is 6.07 Å². The number of ether oxygens (including phenoxy) is 1. The van der Waals surface area contributed by atoms with Crippen LogP contribution in [0.2, 0.25) is 5.15 Å². The van der Waals surface area contributed by atoms with Crippen molar-refractivity contribution in [3.63, 3.8) is 0 Å². The lowest BCUT2D eigenvalue weighted by Crippen LogP contribution is -2.26. The Morgan fingerprint density at radius 1 is 1.53 bits per heavy atom. The molecule has 0 aromatic carbocycles. The first-order valence-electron chi connectivity index (χ1n) is 5.05. The van der Waals surface area contributed by atoms with E-state index in [1.165, 1.54) is 0 Å². The summed E-state index contributed by atoms with van der Waals surface area (Å²) < 4.78 is 5.64. The summed E-state index contributed by atoms with van der Waals surface area (Å²) >= 11 is 5.75. The van der Waals surface area contributed by atoms with Crippen LogP contribution < -0.4 is 5.32 Å². The SMILES string of the molecule is CC1CC(Nc2cnnc(Cl)c2)C(C)O1. The maximum Gasteiger partial charge on any atom is 0.153 e. The number of nitrogens with one attached hydrogen (secondary N) is 1. The van der Waals surface area contributed by atoms with Gasteiger partial charge >= 0.3 is 0 Å². The van der Waals surface area contributed by atoms with Crippen LogP contribution in [0.25, 0.3) is 0 Å². The zero-order chi connectivity index (χ0) is 10.8. The van der Waals surface area contributed by atoms with Crippen LogP contribution >= 0.6 is 11.6 Å². The van der Waals surface area contributed by atoms with Crippen LogP contribution in [0.3, 0.4) is 0 Å². The van der Waals surface area contributed by atoms with Gasteiger partial charge in [-0.05, 0) is 20.3 Å². The molecule has 1 aromatic heterocycles. The van der Waals surface area contributed by atoms with Crippen molar-refractivity contribution >= 4 is 17.3 Å². The van der Waals surface area contributed by atoms with Gasteiger partial charge in [0.25, 0.3) is 0 Å². The summed E-state index contributed by atoms with van der Waals surface area (Å²) in [6, 6.07) is 2.09. The highest BCUT2D eigenvalue weighted by molar-refractivity contribution is 6.29. The minimum absolute atomic E-state index is 0.215. The molecule has 15 heavy (non-hydrogen) atoms. The van der Waals surface area contributed by atoms with Crippen LogP contribution in [0.15, 0.2) is 12.3 Å². The third-order valence-corrected chi connectivity index (χ3v) is 2.76. The summed E-state index contributed by atoms with van der Waals surface area (Å²) in [6.07, 6.45) is 3.19. The van der Waals surface area contributed by atoms with Gasteiger partial charge in [-0.1, -0.05) is 11.6 Å². The number of nitrogens with zero attached hydrogens (tertiary/aromatic N) is 2. The van der Waals surface area contributed by atoms with Gasteiger partial charge in [-0.25, -0.2) is 0 Å². The average molecular weight is 228 g/mol. The molecule has 1 fully saturated rings. The molecule has 3 unspecified atom stereocenters. The predicted octanol–water partition coefficient (Wildman–Crippen LogP) is 2.11. The Balaban J connectivity index is 2.03. The van der Waals surface area contributed by atoms with Gasteiger partial charge < -0.3 is 10.1 Å². The minimum atomic E-state index is 0.215. The fraction of sp³-hybridized carbons (Fsp3) is 0.600. The second kappa shape index (κ2) is 4.33. The van der Waals surface area contributed by atoms with E-state index in [9.17, 15) is 0 Å². The van der Waals surface area contributed by atoms with Crippen LogP contribution in [-0.2, 0) is 4.74 Å². The Kier molecular flexibility index (Phi) is 3.07. The van der Waals surface area contributed by atoms with E-state index in [2.05, 4.69) is 29.4 Å². The predicted molar refractivity (Wildman–Crippen MR) is 59.1 cm³/mol. The Morgan fingerprint density at radius 3 is 2.93 bits per heavy atom. The number of anilines is 1. The summed E-state index contributed by atoms with van der Waals surface area (Å²) in [7, 11) is 0. The Hall–Kier alpha value is -0.870. The lowest BCUT2D eigenvalue weighted by Gasteiger charge is -2.16. The maximum absolute atomic E-state index is 5.75. The van der Waals surface area contributed by atoms with E-state index in [4.69, 9.17) is 16.3 Å². The third kappa shape index (κ3) is 2.58. The highest BCUT2D eigenvalue weighted by Gasteiger charge is 2.29. The molecule has 1 aromatic rings. The van der Waals surface area contributed by atoms with Gasteiger partial charge in [0.1, 0.15) is 0 Å². The quantitative estimate of drug-likeness (QED) is 0.841. The first-order chi connectivity index (χ1) is 7.15. The highest BCUT2D eigenvalue weighted by Crippen LogP contribution is 2.23. The lowest BCUT2D eigenvalue weighted by atomic mass is 10.1. The smallest absolute Gasteiger partial charge is 0.153 e. The topological polar surface area (TPSA) is 47.0 Å². The fourth-order valence-corrected chi connectivity index (χ4v) is 2.04. The number of hydrogen-bond acceptors (Lipinski definition) is 4. The summed E-state index contributed by atoms with van der Waals surface area (Å²) in [5, 5.41) is 11.2. The van der Waals surface area contributed by atoms with Crippen LogP contribution in [0.5, 0.6) is 0 Å². The molecule has 0 spiro atoms. The summed E-state index contributed by atoms with van der Waals surface area (Å²) in [4.78, 5) is 0. The molecule has 5 heteroatoms. The molecular weight excluding hydrogens is 214 g/mol. The molecule has 1 aliphatic rings. The molecule has 4 nitrogen and oxygen atoms in total. The normalized spacial score (nSPS) is 30.5. The second-order valence-electron chi connectivity index (χ2n) is 3.91. The van der Waals surface area contributed by atoms with Gasteiger partial charge in [-0.2, -0.15) is 5.10 Å². The van der Waals surface area contributed by atoms with Gasteiger partial charge in [-0.15, -0.1) is 5.10 Å². The average Bonchev–Trinajstić information content (AvgIpc) is 2.45. The molecule has 0 bridgehead atoms. The molecule has 2 heterocycles.